The monoisotopic (exact) mass is 324 g/mol. The van der Waals surface area contributed by atoms with Crippen molar-refractivity contribution in [1.82, 2.24) is 14.9 Å². The van der Waals surface area contributed by atoms with E-state index in [1.807, 2.05) is 10.8 Å². The molecule has 0 saturated carbocycles. The first kappa shape index (κ1) is 16.3. The summed E-state index contributed by atoms with van der Waals surface area (Å²) in [6.45, 7) is 5.28. The van der Waals surface area contributed by atoms with E-state index in [1.54, 1.807) is 6.20 Å². The second-order valence-electron chi connectivity index (χ2n) is 5.32. The van der Waals surface area contributed by atoms with E-state index in [4.69, 9.17) is 11.6 Å². The maximum absolute atomic E-state index is 13.5. The summed E-state index contributed by atoms with van der Waals surface area (Å²) in [5, 5.41) is 5.43. The molecule has 5 nitrogen and oxygen atoms in total. The molecule has 2 N–H and O–H groups in total. The Bertz CT molecular complexity index is 657. The van der Waals surface area contributed by atoms with Crippen LogP contribution in [-0.4, -0.2) is 15.6 Å². The highest BCUT2D eigenvalue weighted by Crippen LogP contribution is 2.19. The highest BCUT2D eigenvalue weighted by molar-refractivity contribution is 6.30. The van der Waals surface area contributed by atoms with Gasteiger partial charge in [-0.2, -0.15) is 0 Å². The summed E-state index contributed by atoms with van der Waals surface area (Å²) in [6.07, 6.45) is 3.56. The fraction of sp³-hybridized carbons (Fsp3) is 0.333. The lowest BCUT2D eigenvalue weighted by molar-refractivity contribution is 0.251. The van der Waals surface area contributed by atoms with E-state index in [0.29, 0.717) is 10.9 Å². The van der Waals surface area contributed by atoms with E-state index < -0.39 is 11.8 Å². The average molecular weight is 325 g/mol. The standard InChI is InChI=1S/C15H18ClFN4O/c1-10(2)9-21-6-5-18-14(21)8-19-15(22)20-13-7-11(16)3-4-12(13)17/h3-7,10H,8-9H2,1-2H3,(H2,19,20,22). The molecule has 0 radical (unpaired) electrons. The van der Waals surface area contributed by atoms with E-state index in [9.17, 15) is 9.18 Å². The Hall–Kier alpha value is -2.08. The number of amides is 2. The lowest BCUT2D eigenvalue weighted by Gasteiger charge is -2.12. The average Bonchev–Trinajstić information content (AvgIpc) is 2.87. The number of hydrogen-bond donors (Lipinski definition) is 2. The van der Waals surface area contributed by atoms with Crippen molar-refractivity contribution >= 4 is 23.3 Å². The van der Waals surface area contributed by atoms with Crippen LogP contribution in [0.25, 0.3) is 0 Å². The van der Waals surface area contributed by atoms with E-state index in [-0.39, 0.29) is 12.2 Å². The highest BCUT2D eigenvalue weighted by atomic mass is 35.5. The molecular weight excluding hydrogens is 307 g/mol. The first-order valence-electron chi connectivity index (χ1n) is 6.95. The Morgan fingerprint density at radius 2 is 2.23 bits per heavy atom. The van der Waals surface area contributed by atoms with E-state index in [0.717, 1.165) is 12.4 Å². The molecule has 7 heteroatoms. The van der Waals surface area contributed by atoms with Gasteiger partial charge in [0.2, 0.25) is 0 Å². The number of carbonyl (C=O) groups is 1. The summed E-state index contributed by atoms with van der Waals surface area (Å²) < 4.78 is 15.5. The van der Waals surface area contributed by atoms with Crippen LogP contribution in [0, 0.1) is 11.7 Å². The van der Waals surface area contributed by atoms with Gasteiger partial charge in [0.1, 0.15) is 11.6 Å². The predicted octanol–water partition coefficient (Wildman–Crippen LogP) is 3.65. The fourth-order valence-corrected chi connectivity index (χ4v) is 2.16. The first-order chi connectivity index (χ1) is 10.5. The number of benzene rings is 1. The van der Waals surface area contributed by atoms with Crippen molar-refractivity contribution in [2.24, 2.45) is 5.92 Å². The van der Waals surface area contributed by atoms with E-state index >= 15 is 0 Å². The number of aromatic nitrogens is 2. The van der Waals surface area contributed by atoms with Crippen LogP contribution in [0.3, 0.4) is 0 Å². The molecule has 0 spiro atoms. The second kappa shape index (κ2) is 7.26. The normalized spacial score (nSPS) is 10.8. The first-order valence-corrected chi connectivity index (χ1v) is 7.33. The maximum atomic E-state index is 13.5. The summed E-state index contributed by atoms with van der Waals surface area (Å²) >= 11 is 5.78. The molecule has 0 saturated heterocycles. The van der Waals surface area contributed by atoms with Gasteiger partial charge in [-0.25, -0.2) is 14.2 Å². The van der Waals surface area contributed by atoms with Crippen LogP contribution in [0.1, 0.15) is 19.7 Å². The third kappa shape index (κ3) is 4.46. The zero-order valence-corrected chi connectivity index (χ0v) is 13.2. The van der Waals surface area contributed by atoms with Gasteiger partial charge in [-0.3, -0.25) is 0 Å². The molecule has 1 aromatic carbocycles. The zero-order chi connectivity index (χ0) is 16.1. The fourth-order valence-electron chi connectivity index (χ4n) is 1.99. The number of rotatable bonds is 5. The van der Waals surface area contributed by atoms with Gasteiger partial charge in [0.15, 0.2) is 0 Å². The van der Waals surface area contributed by atoms with Crippen LogP contribution < -0.4 is 10.6 Å². The van der Waals surface area contributed by atoms with Gasteiger partial charge in [0, 0.05) is 24.0 Å². The van der Waals surface area contributed by atoms with Crippen molar-refractivity contribution in [3.8, 4) is 0 Å². The summed E-state index contributed by atoms with van der Waals surface area (Å²) in [5.74, 6) is 0.679. The molecule has 0 bridgehead atoms. The highest BCUT2D eigenvalue weighted by Gasteiger charge is 2.09. The van der Waals surface area contributed by atoms with Crippen LogP contribution in [0.15, 0.2) is 30.6 Å². The minimum atomic E-state index is -0.541. The number of anilines is 1. The van der Waals surface area contributed by atoms with Crippen molar-refractivity contribution in [1.29, 1.82) is 0 Å². The molecule has 0 atom stereocenters. The molecule has 1 aromatic heterocycles. The molecule has 2 amide bonds. The van der Waals surface area contributed by atoms with Gasteiger partial charge in [-0.1, -0.05) is 25.4 Å². The minimum absolute atomic E-state index is 0.0375. The molecule has 0 aliphatic heterocycles. The smallest absolute Gasteiger partial charge is 0.319 e. The SMILES string of the molecule is CC(C)Cn1ccnc1CNC(=O)Nc1cc(Cl)ccc1F. The molecule has 0 aliphatic rings. The molecule has 118 valence electrons. The molecule has 0 unspecified atom stereocenters. The zero-order valence-electron chi connectivity index (χ0n) is 12.4. The Balaban J connectivity index is 1.93. The molecule has 2 aromatic rings. The summed E-state index contributed by atoms with van der Waals surface area (Å²) in [6, 6.07) is 3.46. The second-order valence-corrected chi connectivity index (χ2v) is 5.76. The Kier molecular flexibility index (Phi) is 5.38. The third-order valence-corrected chi connectivity index (χ3v) is 3.18. The molecule has 0 fully saturated rings. The largest absolute Gasteiger partial charge is 0.333 e. The van der Waals surface area contributed by atoms with Gasteiger partial charge in [0.05, 0.1) is 12.2 Å². The van der Waals surface area contributed by atoms with Crippen LogP contribution in [0.5, 0.6) is 0 Å². The minimum Gasteiger partial charge on any atom is -0.333 e. The summed E-state index contributed by atoms with van der Waals surface area (Å²) in [4.78, 5) is 16.0. The number of urea groups is 1. The number of imidazole rings is 1. The Labute approximate surface area is 133 Å². The van der Waals surface area contributed by atoms with Crippen LogP contribution in [-0.2, 0) is 13.1 Å². The molecule has 22 heavy (non-hydrogen) atoms. The number of nitrogens with zero attached hydrogens (tertiary/aromatic N) is 2. The molecule has 1 heterocycles. The van der Waals surface area contributed by atoms with E-state index in [2.05, 4.69) is 29.5 Å². The molecule has 0 aliphatic carbocycles. The lowest BCUT2D eigenvalue weighted by Crippen LogP contribution is -2.30. The number of halogens is 2. The number of nitrogens with one attached hydrogen (secondary N) is 2. The van der Waals surface area contributed by atoms with Crippen LogP contribution >= 0.6 is 11.6 Å². The quantitative estimate of drug-likeness (QED) is 0.882. The van der Waals surface area contributed by atoms with Crippen molar-refractivity contribution in [2.45, 2.75) is 26.9 Å². The Morgan fingerprint density at radius 3 is 2.95 bits per heavy atom. The number of carbonyl (C=O) groups excluding carboxylic acids is 1. The van der Waals surface area contributed by atoms with Crippen LogP contribution in [0.2, 0.25) is 5.02 Å². The predicted molar refractivity (Wildman–Crippen MR) is 84.3 cm³/mol. The van der Waals surface area contributed by atoms with Gasteiger partial charge in [-0.15, -0.1) is 0 Å². The summed E-state index contributed by atoms with van der Waals surface area (Å²) in [7, 11) is 0. The van der Waals surface area contributed by atoms with Crippen molar-refractivity contribution < 1.29 is 9.18 Å². The van der Waals surface area contributed by atoms with Gasteiger partial charge in [-0.05, 0) is 24.1 Å². The third-order valence-electron chi connectivity index (χ3n) is 2.95. The number of hydrogen-bond acceptors (Lipinski definition) is 2. The van der Waals surface area contributed by atoms with E-state index in [1.165, 1.54) is 18.2 Å². The molecular formula is C15H18ClFN4O. The van der Waals surface area contributed by atoms with Crippen molar-refractivity contribution in [3.63, 3.8) is 0 Å². The topological polar surface area (TPSA) is 59.0 Å². The van der Waals surface area contributed by atoms with Gasteiger partial charge >= 0.3 is 6.03 Å². The van der Waals surface area contributed by atoms with Gasteiger partial charge < -0.3 is 15.2 Å². The lowest BCUT2D eigenvalue weighted by atomic mass is 10.2. The van der Waals surface area contributed by atoms with Crippen molar-refractivity contribution in [3.05, 3.63) is 47.3 Å². The maximum Gasteiger partial charge on any atom is 0.319 e. The molecule has 2 rings (SSSR count). The van der Waals surface area contributed by atoms with Crippen molar-refractivity contribution in [2.75, 3.05) is 5.32 Å². The van der Waals surface area contributed by atoms with Gasteiger partial charge in [0.25, 0.3) is 0 Å². The summed E-state index contributed by atoms with van der Waals surface area (Å²) in [5.41, 5.74) is 0.0375. The van der Waals surface area contributed by atoms with Crippen LogP contribution in [0.4, 0.5) is 14.9 Å². The Morgan fingerprint density at radius 1 is 1.45 bits per heavy atom.